The zero-order valence-corrected chi connectivity index (χ0v) is 16.9. The molecule has 2 N–H and O–H groups in total. The van der Waals surface area contributed by atoms with Crippen LogP contribution < -0.4 is 0 Å². The Bertz CT molecular complexity index is 691. The smallest absolute Gasteiger partial charge is 0.109 e. The van der Waals surface area contributed by atoms with E-state index in [-0.39, 0.29) is 0 Å². The molecule has 2 atom stereocenters. The SMILES string of the molecule is O[C@H](c1ccccc1C1CCCCC1)[C@H](O)c1ccccc1C1CCCCC1. The fourth-order valence-corrected chi connectivity index (χ4v) is 5.47. The molecule has 2 nitrogen and oxygen atoms in total. The molecule has 2 aromatic carbocycles. The van der Waals surface area contributed by atoms with Crippen LogP contribution in [-0.4, -0.2) is 10.2 Å². The maximum Gasteiger partial charge on any atom is 0.109 e. The number of rotatable bonds is 5. The van der Waals surface area contributed by atoms with Crippen molar-refractivity contribution in [2.75, 3.05) is 0 Å². The second kappa shape index (κ2) is 9.24. The number of hydrogen-bond acceptors (Lipinski definition) is 2. The molecule has 0 unspecified atom stereocenters. The molecule has 2 aliphatic rings. The lowest BCUT2D eigenvalue weighted by Crippen LogP contribution is -2.17. The van der Waals surface area contributed by atoms with Gasteiger partial charge in [0.2, 0.25) is 0 Å². The number of aliphatic hydroxyl groups is 2. The lowest BCUT2D eigenvalue weighted by atomic mass is 9.78. The maximum atomic E-state index is 11.2. The van der Waals surface area contributed by atoms with E-state index in [4.69, 9.17) is 0 Å². The third kappa shape index (κ3) is 4.18. The Morgan fingerprint density at radius 1 is 0.536 bits per heavy atom. The third-order valence-corrected chi connectivity index (χ3v) is 7.02. The normalized spacial score (nSPS) is 21.4. The van der Waals surface area contributed by atoms with Gasteiger partial charge in [0.05, 0.1) is 0 Å². The highest BCUT2D eigenvalue weighted by Gasteiger charge is 2.29. The highest BCUT2D eigenvalue weighted by Crippen LogP contribution is 2.42. The van der Waals surface area contributed by atoms with Crippen LogP contribution in [0, 0.1) is 0 Å². The summed E-state index contributed by atoms with van der Waals surface area (Å²) in [5, 5.41) is 22.5. The monoisotopic (exact) mass is 378 g/mol. The van der Waals surface area contributed by atoms with E-state index in [1.807, 2.05) is 24.3 Å². The standard InChI is InChI=1S/C26H34O2/c27-25(23-17-9-7-15-21(23)19-11-3-1-4-12-19)26(28)24-18-10-8-16-22(24)20-13-5-2-6-14-20/h7-10,15-20,25-28H,1-6,11-14H2/t25-,26-/m1/s1. The summed E-state index contributed by atoms with van der Waals surface area (Å²) in [5.74, 6) is 1.03. The predicted octanol–water partition coefficient (Wildman–Crippen LogP) is 6.55. The molecule has 0 aromatic heterocycles. The van der Waals surface area contributed by atoms with E-state index in [2.05, 4.69) is 24.3 Å². The van der Waals surface area contributed by atoms with Gasteiger partial charge in [0.25, 0.3) is 0 Å². The van der Waals surface area contributed by atoms with Crippen molar-refractivity contribution >= 4 is 0 Å². The van der Waals surface area contributed by atoms with Gasteiger partial charge < -0.3 is 10.2 Å². The van der Waals surface area contributed by atoms with Gasteiger partial charge in [-0.1, -0.05) is 87.1 Å². The van der Waals surface area contributed by atoms with E-state index in [9.17, 15) is 10.2 Å². The molecule has 4 rings (SSSR count). The summed E-state index contributed by atoms with van der Waals surface area (Å²) >= 11 is 0. The van der Waals surface area contributed by atoms with Gasteiger partial charge in [-0.15, -0.1) is 0 Å². The van der Waals surface area contributed by atoms with Gasteiger partial charge in [-0.05, 0) is 59.8 Å². The molecule has 28 heavy (non-hydrogen) atoms. The zero-order valence-electron chi connectivity index (χ0n) is 16.9. The van der Waals surface area contributed by atoms with Crippen molar-refractivity contribution in [3.63, 3.8) is 0 Å². The van der Waals surface area contributed by atoms with Gasteiger partial charge in [-0.25, -0.2) is 0 Å². The molecule has 2 heteroatoms. The molecule has 2 fully saturated rings. The lowest BCUT2D eigenvalue weighted by molar-refractivity contribution is 0.0156. The molecule has 0 bridgehead atoms. The van der Waals surface area contributed by atoms with Crippen molar-refractivity contribution in [1.29, 1.82) is 0 Å². The Morgan fingerprint density at radius 3 is 1.29 bits per heavy atom. The summed E-state index contributed by atoms with van der Waals surface area (Å²) in [6.45, 7) is 0. The van der Waals surface area contributed by atoms with E-state index in [1.54, 1.807) is 0 Å². The molecular formula is C26H34O2. The second-order valence-corrected chi connectivity index (χ2v) is 8.82. The predicted molar refractivity (Wildman–Crippen MR) is 114 cm³/mol. The van der Waals surface area contributed by atoms with E-state index < -0.39 is 12.2 Å². The van der Waals surface area contributed by atoms with E-state index in [0.717, 1.165) is 11.1 Å². The molecular weight excluding hydrogens is 344 g/mol. The van der Waals surface area contributed by atoms with Crippen LogP contribution in [0.4, 0.5) is 0 Å². The first-order valence-corrected chi connectivity index (χ1v) is 11.3. The van der Waals surface area contributed by atoms with Gasteiger partial charge in [0, 0.05) is 0 Å². The molecule has 0 amide bonds. The highest BCUT2D eigenvalue weighted by atomic mass is 16.3. The number of hydrogen-bond donors (Lipinski definition) is 2. The summed E-state index contributed by atoms with van der Waals surface area (Å²) < 4.78 is 0. The van der Waals surface area contributed by atoms with Crippen molar-refractivity contribution in [2.24, 2.45) is 0 Å². The maximum absolute atomic E-state index is 11.2. The van der Waals surface area contributed by atoms with Gasteiger partial charge >= 0.3 is 0 Å². The molecule has 150 valence electrons. The molecule has 0 saturated heterocycles. The summed E-state index contributed by atoms with van der Waals surface area (Å²) in [4.78, 5) is 0. The Morgan fingerprint density at radius 2 is 0.893 bits per heavy atom. The molecule has 2 saturated carbocycles. The Kier molecular flexibility index (Phi) is 6.49. The van der Waals surface area contributed by atoms with Crippen LogP contribution in [0.25, 0.3) is 0 Å². The Labute approximate surface area is 169 Å². The minimum Gasteiger partial charge on any atom is -0.385 e. The third-order valence-electron chi connectivity index (χ3n) is 7.02. The first-order valence-electron chi connectivity index (χ1n) is 11.3. The first-order chi connectivity index (χ1) is 13.8. The van der Waals surface area contributed by atoms with Gasteiger partial charge in [0.1, 0.15) is 12.2 Å². The van der Waals surface area contributed by atoms with Crippen molar-refractivity contribution in [3.8, 4) is 0 Å². The second-order valence-electron chi connectivity index (χ2n) is 8.82. The van der Waals surface area contributed by atoms with Crippen LogP contribution in [0.2, 0.25) is 0 Å². The summed E-state index contributed by atoms with van der Waals surface area (Å²) in [6.07, 6.45) is 10.7. The van der Waals surface area contributed by atoms with E-state index >= 15 is 0 Å². The summed E-state index contributed by atoms with van der Waals surface area (Å²) in [5.41, 5.74) is 4.31. The lowest BCUT2D eigenvalue weighted by Gasteiger charge is -2.30. The zero-order chi connectivity index (χ0) is 19.3. The topological polar surface area (TPSA) is 40.5 Å². The van der Waals surface area contributed by atoms with Crippen LogP contribution in [0.5, 0.6) is 0 Å². The van der Waals surface area contributed by atoms with Crippen LogP contribution >= 0.6 is 0 Å². The highest BCUT2D eigenvalue weighted by molar-refractivity contribution is 5.38. The van der Waals surface area contributed by atoms with Crippen molar-refractivity contribution in [2.45, 2.75) is 88.3 Å². The first kappa shape index (κ1) is 19.7. The molecule has 2 aromatic rings. The average Bonchev–Trinajstić information content (AvgIpc) is 2.79. The Hall–Kier alpha value is -1.64. The van der Waals surface area contributed by atoms with Crippen molar-refractivity contribution in [3.05, 3.63) is 70.8 Å². The quantitative estimate of drug-likeness (QED) is 0.619. The van der Waals surface area contributed by atoms with E-state index in [0.29, 0.717) is 11.8 Å². The van der Waals surface area contributed by atoms with Crippen LogP contribution in [0.15, 0.2) is 48.5 Å². The fraction of sp³-hybridized carbons (Fsp3) is 0.538. The summed E-state index contributed by atoms with van der Waals surface area (Å²) in [7, 11) is 0. The molecule has 2 aliphatic carbocycles. The Balaban J connectivity index is 1.62. The van der Waals surface area contributed by atoms with Gasteiger partial charge in [-0.3, -0.25) is 0 Å². The number of aliphatic hydroxyl groups excluding tert-OH is 2. The molecule has 0 aliphatic heterocycles. The molecule has 0 spiro atoms. The fourth-order valence-electron chi connectivity index (χ4n) is 5.47. The molecule has 0 heterocycles. The van der Waals surface area contributed by atoms with Crippen LogP contribution in [0.1, 0.15) is 111 Å². The van der Waals surface area contributed by atoms with E-state index in [1.165, 1.54) is 75.3 Å². The largest absolute Gasteiger partial charge is 0.385 e. The minimum absolute atomic E-state index is 0.514. The average molecular weight is 379 g/mol. The van der Waals surface area contributed by atoms with Crippen molar-refractivity contribution in [1.82, 2.24) is 0 Å². The van der Waals surface area contributed by atoms with Crippen LogP contribution in [-0.2, 0) is 0 Å². The minimum atomic E-state index is -0.872. The summed E-state index contributed by atoms with van der Waals surface area (Å²) in [6, 6.07) is 16.5. The number of benzene rings is 2. The van der Waals surface area contributed by atoms with Crippen molar-refractivity contribution < 1.29 is 10.2 Å². The van der Waals surface area contributed by atoms with Gasteiger partial charge in [-0.2, -0.15) is 0 Å². The molecule has 0 radical (unpaired) electrons. The van der Waals surface area contributed by atoms with Crippen LogP contribution in [0.3, 0.4) is 0 Å². The van der Waals surface area contributed by atoms with Gasteiger partial charge in [0.15, 0.2) is 0 Å².